The van der Waals surface area contributed by atoms with Gasteiger partial charge in [-0.3, -0.25) is 0 Å². The third-order valence-corrected chi connectivity index (χ3v) is 2.67. The highest BCUT2D eigenvalue weighted by Gasteiger charge is 2.09. The predicted molar refractivity (Wildman–Crippen MR) is 72.1 cm³/mol. The maximum atomic E-state index is 10.9. The van der Waals surface area contributed by atoms with Crippen LogP contribution in [-0.2, 0) is 0 Å². The lowest BCUT2D eigenvalue weighted by molar-refractivity contribution is 0.0694. The maximum Gasteiger partial charge on any atom is 0.339 e. The molecule has 0 aliphatic rings. The summed E-state index contributed by atoms with van der Waals surface area (Å²) in [6.45, 7) is 1.73. The Balaban J connectivity index is 2.29. The van der Waals surface area contributed by atoms with E-state index in [0.29, 0.717) is 16.9 Å². The summed E-state index contributed by atoms with van der Waals surface area (Å²) in [4.78, 5) is 10.9. The topological polar surface area (TPSA) is 102 Å². The monoisotopic (exact) mass is 272 g/mol. The molecule has 0 unspecified atom stereocenters. The largest absolute Gasteiger partial charge is 0.508 e. The molecular formula is C14H12N2O4. The van der Waals surface area contributed by atoms with E-state index in [9.17, 15) is 15.0 Å². The van der Waals surface area contributed by atoms with E-state index in [1.165, 1.54) is 24.3 Å². The first-order valence-corrected chi connectivity index (χ1v) is 5.75. The van der Waals surface area contributed by atoms with Crippen molar-refractivity contribution in [2.45, 2.75) is 6.92 Å². The number of hydrogen-bond acceptors (Lipinski definition) is 5. The standard InChI is InChI=1S/C14H12N2O4/c1-8-6-9(2-4-12(8)17)15-16-10-3-5-13(18)11(7-10)14(19)20/h2-7,17-18H,1H3,(H,19,20). The van der Waals surface area contributed by atoms with Crippen molar-refractivity contribution in [3.05, 3.63) is 47.5 Å². The van der Waals surface area contributed by atoms with E-state index in [-0.39, 0.29) is 17.1 Å². The highest BCUT2D eigenvalue weighted by atomic mass is 16.4. The first-order chi connectivity index (χ1) is 9.47. The van der Waals surface area contributed by atoms with Crippen LogP contribution in [-0.4, -0.2) is 21.3 Å². The zero-order valence-corrected chi connectivity index (χ0v) is 10.6. The van der Waals surface area contributed by atoms with Gasteiger partial charge in [-0.05, 0) is 48.9 Å². The second-order valence-corrected chi connectivity index (χ2v) is 4.18. The maximum absolute atomic E-state index is 10.9. The van der Waals surface area contributed by atoms with E-state index in [0.717, 1.165) is 0 Å². The first-order valence-electron chi connectivity index (χ1n) is 5.75. The minimum atomic E-state index is -1.24. The summed E-state index contributed by atoms with van der Waals surface area (Å²) >= 11 is 0. The van der Waals surface area contributed by atoms with Gasteiger partial charge in [0.25, 0.3) is 0 Å². The van der Waals surface area contributed by atoms with Crippen LogP contribution in [0.4, 0.5) is 11.4 Å². The van der Waals surface area contributed by atoms with Crippen LogP contribution in [0.3, 0.4) is 0 Å². The summed E-state index contributed by atoms with van der Waals surface area (Å²) in [5.74, 6) is -1.39. The van der Waals surface area contributed by atoms with Gasteiger partial charge in [-0.1, -0.05) is 0 Å². The fourth-order valence-corrected chi connectivity index (χ4v) is 1.57. The van der Waals surface area contributed by atoms with Gasteiger partial charge < -0.3 is 15.3 Å². The van der Waals surface area contributed by atoms with Gasteiger partial charge in [0.15, 0.2) is 0 Å². The third-order valence-electron chi connectivity index (χ3n) is 2.67. The molecule has 0 heterocycles. The van der Waals surface area contributed by atoms with Gasteiger partial charge in [0.05, 0.1) is 11.4 Å². The average Bonchev–Trinajstić information content (AvgIpc) is 2.41. The minimum Gasteiger partial charge on any atom is -0.508 e. The minimum absolute atomic E-state index is 0.168. The molecule has 0 fully saturated rings. The van der Waals surface area contributed by atoms with E-state index in [4.69, 9.17) is 5.11 Å². The van der Waals surface area contributed by atoms with Crippen molar-refractivity contribution in [3.8, 4) is 11.5 Å². The molecule has 20 heavy (non-hydrogen) atoms. The number of phenols is 2. The molecule has 0 saturated carbocycles. The number of hydrogen-bond donors (Lipinski definition) is 3. The molecule has 0 aliphatic heterocycles. The van der Waals surface area contributed by atoms with Crippen molar-refractivity contribution in [3.63, 3.8) is 0 Å². The van der Waals surface area contributed by atoms with Crippen LogP contribution in [0.15, 0.2) is 46.6 Å². The van der Waals surface area contributed by atoms with Gasteiger partial charge in [-0.15, -0.1) is 0 Å². The summed E-state index contributed by atoms with van der Waals surface area (Å²) in [5, 5.41) is 35.5. The van der Waals surface area contributed by atoms with Crippen molar-refractivity contribution in [2.75, 3.05) is 0 Å². The zero-order valence-electron chi connectivity index (χ0n) is 10.6. The van der Waals surface area contributed by atoms with Crippen molar-refractivity contribution in [2.24, 2.45) is 10.2 Å². The van der Waals surface area contributed by atoms with E-state index >= 15 is 0 Å². The summed E-state index contributed by atoms with van der Waals surface area (Å²) in [5.41, 5.74) is 1.28. The van der Waals surface area contributed by atoms with Gasteiger partial charge in [0.1, 0.15) is 17.1 Å². The van der Waals surface area contributed by atoms with E-state index in [1.54, 1.807) is 19.1 Å². The van der Waals surface area contributed by atoms with Gasteiger partial charge in [-0.2, -0.15) is 10.2 Å². The smallest absolute Gasteiger partial charge is 0.339 e. The number of aromatic carboxylic acids is 1. The average molecular weight is 272 g/mol. The molecule has 2 rings (SSSR count). The molecule has 0 spiro atoms. The Morgan fingerprint density at radius 2 is 1.50 bits per heavy atom. The highest BCUT2D eigenvalue weighted by Crippen LogP contribution is 2.27. The molecule has 0 atom stereocenters. The van der Waals surface area contributed by atoms with Crippen LogP contribution in [0, 0.1) is 6.92 Å². The van der Waals surface area contributed by atoms with Crippen molar-refractivity contribution < 1.29 is 20.1 Å². The lowest BCUT2D eigenvalue weighted by atomic mass is 10.2. The number of benzene rings is 2. The Morgan fingerprint density at radius 1 is 0.950 bits per heavy atom. The number of azo groups is 1. The SMILES string of the molecule is Cc1cc(N=Nc2ccc(O)c(C(=O)O)c2)ccc1O. The fourth-order valence-electron chi connectivity index (χ4n) is 1.57. The van der Waals surface area contributed by atoms with Gasteiger partial charge in [-0.25, -0.2) is 4.79 Å². The number of nitrogens with zero attached hydrogens (tertiary/aromatic N) is 2. The van der Waals surface area contributed by atoms with Gasteiger partial charge in [0.2, 0.25) is 0 Å². The Morgan fingerprint density at radius 3 is 2.05 bits per heavy atom. The highest BCUT2D eigenvalue weighted by molar-refractivity contribution is 5.91. The Hall–Kier alpha value is -2.89. The number of carboxylic acids is 1. The first kappa shape index (κ1) is 13.5. The van der Waals surface area contributed by atoms with Crippen LogP contribution in [0.1, 0.15) is 15.9 Å². The molecule has 0 saturated heterocycles. The molecule has 0 aromatic heterocycles. The zero-order chi connectivity index (χ0) is 14.7. The molecule has 3 N–H and O–H groups in total. The summed E-state index contributed by atoms with van der Waals surface area (Å²) < 4.78 is 0. The molecule has 0 bridgehead atoms. The van der Waals surface area contributed by atoms with Crippen molar-refractivity contribution >= 4 is 17.3 Å². The van der Waals surface area contributed by atoms with Crippen LogP contribution in [0.5, 0.6) is 11.5 Å². The number of carbonyl (C=O) groups is 1. The number of aromatic hydroxyl groups is 2. The molecule has 2 aromatic carbocycles. The number of rotatable bonds is 3. The van der Waals surface area contributed by atoms with Crippen LogP contribution >= 0.6 is 0 Å². The van der Waals surface area contributed by atoms with Crippen LogP contribution in [0.25, 0.3) is 0 Å². The van der Waals surface area contributed by atoms with E-state index in [1.807, 2.05) is 0 Å². The molecule has 0 amide bonds. The number of phenolic OH excluding ortho intramolecular Hbond substituents is 1. The summed E-state index contributed by atoms with van der Waals surface area (Å²) in [7, 11) is 0. The molecule has 2 aromatic rings. The number of carboxylic acid groups (broad SMARTS) is 1. The predicted octanol–water partition coefficient (Wildman–Crippen LogP) is 3.52. The Labute approximate surface area is 114 Å². The Kier molecular flexibility index (Phi) is 3.65. The Bertz CT molecular complexity index is 696. The summed E-state index contributed by atoms with van der Waals surface area (Å²) in [6.07, 6.45) is 0. The lowest BCUT2D eigenvalue weighted by Crippen LogP contribution is -1.95. The second kappa shape index (κ2) is 5.40. The van der Waals surface area contributed by atoms with Crippen molar-refractivity contribution in [1.82, 2.24) is 0 Å². The quantitative estimate of drug-likeness (QED) is 0.744. The van der Waals surface area contributed by atoms with E-state index < -0.39 is 5.97 Å². The molecule has 6 nitrogen and oxygen atoms in total. The normalized spacial score (nSPS) is 10.8. The van der Waals surface area contributed by atoms with E-state index in [2.05, 4.69) is 10.2 Å². The second-order valence-electron chi connectivity index (χ2n) is 4.18. The molecule has 0 aliphatic carbocycles. The lowest BCUT2D eigenvalue weighted by Gasteiger charge is -2.01. The third kappa shape index (κ3) is 2.92. The van der Waals surface area contributed by atoms with Gasteiger partial charge >= 0.3 is 5.97 Å². The molecular weight excluding hydrogens is 260 g/mol. The summed E-state index contributed by atoms with van der Waals surface area (Å²) in [6, 6.07) is 8.68. The van der Waals surface area contributed by atoms with Gasteiger partial charge in [0, 0.05) is 0 Å². The number of aryl methyl sites for hydroxylation is 1. The molecule has 102 valence electrons. The molecule has 6 heteroatoms. The van der Waals surface area contributed by atoms with Crippen LogP contribution in [0.2, 0.25) is 0 Å². The molecule has 0 radical (unpaired) electrons. The van der Waals surface area contributed by atoms with Crippen LogP contribution < -0.4 is 0 Å². The fraction of sp³-hybridized carbons (Fsp3) is 0.0714. The van der Waals surface area contributed by atoms with Crippen molar-refractivity contribution in [1.29, 1.82) is 0 Å².